The van der Waals surface area contributed by atoms with Crippen LogP contribution in [0.1, 0.15) is 5.56 Å². The van der Waals surface area contributed by atoms with Gasteiger partial charge in [0.1, 0.15) is 17.8 Å². The number of halogens is 1. The van der Waals surface area contributed by atoms with Crippen LogP contribution in [-0.2, 0) is 11.2 Å². The molecule has 10 heteroatoms. The first kappa shape index (κ1) is 20.8. The zero-order valence-electron chi connectivity index (χ0n) is 16.7. The van der Waals surface area contributed by atoms with Crippen molar-refractivity contribution in [2.24, 2.45) is 0 Å². The molecule has 31 heavy (non-hydrogen) atoms. The van der Waals surface area contributed by atoms with Gasteiger partial charge >= 0.3 is 0 Å². The number of benzene rings is 2. The average molecular weight is 441 g/mol. The second-order valence-corrected chi connectivity index (χ2v) is 7.71. The van der Waals surface area contributed by atoms with Gasteiger partial charge in [0.05, 0.1) is 10.4 Å². The lowest BCUT2D eigenvalue weighted by Gasteiger charge is -2.33. The third kappa shape index (κ3) is 4.66. The zero-order valence-corrected chi connectivity index (χ0v) is 17.5. The van der Waals surface area contributed by atoms with Crippen LogP contribution in [0.25, 0.3) is 10.9 Å². The molecule has 1 saturated heterocycles. The lowest BCUT2D eigenvalue weighted by atomic mass is 10.1. The van der Waals surface area contributed by atoms with E-state index in [0.717, 1.165) is 18.4 Å². The molecule has 1 aliphatic heterocycles. The van der Waals surface area contributed by atoms with Crippen LogP contribution in [0.5, 0.6) is 0 Å². The van der Waals surface area contributed by atoms with Crippen molar-refractivity contribution in [2.75, 3.05) is 42.9 Å². The van der Waals surface area contributed by atoms with E-state index < -0.39 is 0 Å². The molecular formula is C21H21ClN6O3. The molecular weight excluding hydrogens is 420 g/mol. The second kappa shape index (κ2) is 9.13. The zero-order chi connectivity index (χ0) is 21.8. The first-order valence-electron chi connectivity index (χ1n) is 9.91. The highest BCUT2D eigenvalue weighted by Gasteiger charge is 2.25. The molecule has 9 nitrogen and oxygen atoms in total. The quantitative estimate of drug-likeness (QED) is 0.342. The Balaban J connectivity index is 1.58. The number of aromatic nitrogens is 2. The van der Waals surface area contributed by atoms with E-state index in [2.05, 4.69) is 15.3 Å². The third-order valence-corrected chi connectivity index (χ3v) is 5.60. The number of hydrogen-bond donors (Lipinski definition) is 1. The van der Waals surface area contributed by atoms with Gasteiger partial charge in [0.2, 0.25) is 6.41 Å². The van der Waals surface area contributed by atoms with E-state index >= 15 is 0 Å². The van der Waals surface area contributed by atoms with Crippen molar-refractivity contribution >= 4 is 46.1 Å². The van der Waals surface area contributed by atoms with Crippen molar-refractivity contribution in [3.63, 3.8) is 0 Å². The maximum Gasteiger partial charge on any atom is 0.293 e. The monoisotopic (exact) mass is 440 g/mol. The lowest BCUT2D eigenvalue weighted by Crippen LogP contribution is -2.45. The number of fused-ring (bicyclic) bond motifs is 1. The molecule has 0 saturated carbocycles. The van der Waals surface area contributed by atoms with E-state index in [1.54, 1.807) is 11.0 Å². The molecule has 0 radical (unpaired) electrons. The molecule has 1 aliphatic rings. The fourth-order valence-corrected chi connectivity index (χ4v) is 3.79. The molecule has 4 rings (SSSR count). The summed E-state index contributed by atoms with van der Waals surface area (Å²) < 4.78 is 0. The summed E-state index contributed by atoms with van der Waals surface area (Å²) in [5.41, 5.74) is 2.26. The Labute approximate surface area is 183 Å². The Morgan fingerprint density at radius 1 is 1.13 bits per heavy atom. The van der Waals surface area contributed by atoms with Crippen LogP contribution in [0.4, 0.5) is 17.2 Å². The molecule has 2 heterocycles. The predicted molar refractivity (Wildman–Crippen MR) is 120 cm³/mol. The lowest BCUT2D eigenvalue weighted by molar-refractivity contribution is -0.384. The van der Waals surface area contributed by atoms with E-state index in [9.17, 15) is 14.9 Å². The van der Waals surface area contributed by atoms with Crippen LogP contribution in [0.2, 0.25) is 5.02 Å². The summed E-state index contributed by atoms with van der Waals surface area (Å²) in [4.78, 5) is 34.6. The van der Waals surface area contributed by atoms with Gasteiger partial charge in [0, 0.05) is 49.2 Å². The van der Waals surface area contributed by atoms with E-state index in [-0.39, 0.29) is 10.6 Å². The van der Waals surface area contributed by atoms with Crippen molar-refractivity contribution in [3.05, 3.63) is 63.4 Å². The SMILES string of the molecule is O=CN1CCN(c2cc3ncnc(NCCc4ccc(Cl)cc4)c3cc2[N+](=O)[O-])CC1. The maximum atomic E-state index is 11.8. The van der Waals surface area contributed by atoms with Gasteiger partial charge < -0.3 is 15.1 Å². The smallest absolute Gasteiger partial charge is 0.293 e. The maximum absolute atomic E-state index is 11.8. The van der Waals surface area contributed by atoms with Crippen molar-refractivity contribution in [1.82, 2.24) is 14.9 Å². The number of carbonyl (C=O) groups excluding carboxylic acids is 1. The molecule has 0 aliphatic carbocycles. The van der Waals surface area contributed by atoms with Gasteiger partial charge in [-0.25, -0.2) is 9.97 Å². The number of hydrogen-bond acceptors (Lipinski definition) is 7. The Morgan fingerprint density at radius 2 is 1.87 bits per heavy atom. The molecule has 2 aromatic carbocycles. The molecule has 0 spiro atoms. The molecule has 160 valence electrons. The number of nitrogens with zero attached hydrogens (tertiary/aromatic N) is 5. The highest BCUT2D eigenvalue weighted by molar-refractivity contribution is 6.30. The number of nitro benzene ring substituents is 1. The number of amides is 1. The number of nitrogens with one attached hydrogen (secondary N) is 1. The topological polar surface area (TPSA) is 104 Å². The standard InChI is InChI=1S/C21H21ClN6O3/c22-16-3-1-15(2-4-16)5-6-23-21-17-11-20(28(30)31)19(12-18(17)24-13-25-21)27-9-7-26(14-29)8-10-27/h1-4,11-14H,5-10H2,(H,23,24,25). The Kier molecular flexibility index (Phi) is 6.13. The van der Waals surface area contributed by atoms with Gasteiger partial charge in [-0.2, -0.15) is 0 Å². The minimum Gasteiger partial charge on any atom is -0.369 e. The Hall–Kier alpha value is -3.46. The highest BCUT2D eigenvalue weighted by atomic mass is 35.5. The van der Waals surface area contributed by atoms with Gasteiger partial charge in [0.25, 0.3) is 5.69 Å². The molecule has 0 atom stereocenters. The van der Waals surface area contributed by atoms with Crippen LogP contribution in [0, 0.1) is 10.1 Å². The molecule has 1 fully saturated rings. The number of anilines is 2. The number of rotatable bonds is 7. The fourth-order valence-electron chi connectivity index (χ4n) is 3.67. The average Bonchev–Trinajstić information content (AvgIpc) is 2.79. The van der Waals surface area contributed by atoms with E-state index in [0.29, 0.717) is 60.2 Å². The molecule has 3 aromatic rings. The van der Waals surface area contributed by atoms with Crippen LogP contribution in [-0.4, -0.2) is 58.9 Å². The van der Waals surface area contributed by atoms with Crippen molar-refractivity contribution in [2.45, 2.75) is 6.42 Å². The van der Waals surface area contributed by atoms with Crippen molar-refractivity contribution in [1.29, 1.82) is 0 Å². The Bertz CT molecular complexity index is 1100. The summed E-state index contributed by atoms with van der Waals surface area (Å²) in [6.45, 7) is 2.72. The minimum absolute atomic E-state index is 0.00241. The molecule has 1 amide bonds. The van der Waals surface area contributed by atoms with Crippen LogP contribution < -0.4 is 10.2 Å². The highest BCUT2D eigenvalue weighted by Crippen LogP contribution is 2.35. The molecule has 0 bridgehead atoms. The molecule has 1 aromatic heterocycles. The van der Waals surface area contributed by atoms with Gasteiger partial charge in [0.15, 0.2) is 0 Å². The van der Waals surface area contributed by atoms with E-state index in [1.807, 2.05) is 29.2 Å². The second-order valence-electron chi connectivity index (χ2n) is 7.27. The van der Waals surface area contributed by atoms with Gasteiger partial charge in [-0.05, 0) is 30.2 Å². The van der Waals surface area contributed by atoms with Gasteiger partial charge in [-0.3, -0.25) is 14.9 Å². The van der Waals surface area contributed by atoms with Crippen molar-refractivity contribution in [3.8, 4) is 0 Å². The summed E-state index contributed by atoms with van der Waals surface area (Å²) in [5, 5.41) is 16.4. The number of nitro groups is 1. The first-order chi connectivity index (χ1) is 15.0. The van der Waals surface area contributed by atoms with Gasteiger partial charge in [-0.1, -0.05) is 23.7 Å². The van der Waals surface area contributed by atoms with Crippen LogP contribution in [0.3, 0.4) is 0 Å². The molecule has 1 N–H and O–H groups in total. The summed E-state index contributed by atoms with van der Waals surface area (Å²) in [6.07, 6.45) is 3.01. The Morgan fingerprint density at radius 3 is 2.55 bits per heavy atom. The van der Waals surface area contributed by atoms with Gasteiger partial charge in [-0.15, -0.1) is 0 Å². The summed E-state index contributed by atoms with van der Waals surface area (Å²) in [6, 6.07) is 10.9. The van der Waals surface area contributed by atoms with Crippen molar-refractivity contribution < 1.29 is 9.72 Å². The van der Waals surface area contributed by atoms with E-state index in [4.69, 9.17) is 11.6 Å². The first-order valence-corrected chi connectivity index (χ1v) is 10.3. The number of piperazine rings is 1. The predicted octanol–water partition coefficient (Wildman–Crippen LogP) is 3.12. The normalized spacial score (nSPS) is 14.0. The summed E-state index contributed by atoms with van der Waals surface area (Å²) in [5.74, 6) is 0.555. The van der Waals surface area contributed by atoms with E-state index in [1.165, 1.54) is 12.4 Å². The minimum atomic E-state index is -0.384. The van der Waals surface area contributed by atoms with Crippen LogP contribution in [0.15, 0.2) is 42.7 Å². The summed E-state index contributed by atoms with van der Waals surface area (Å²) in [7, 11) is 0. The molecule has 0 unspecified atom stereocenters. The third-order valence-electron chi connectivity index (χ3n) is 5.35. The van der Waals surface area contributed by atoms with Crippen LogP contribution >= 0.6 is 11.6 Å². The fraction of sp³-hybridized carbons (Fsp3) is 0.286. The largest absolute Gasteiger partial charge is 0.369 e. The number of carbonyl (C=O) groups is 1. The summed E-state index contributed by atoms with van der Waals surface area (Å²) >= 11 is 5.92.